The van der Waals surface area contributed by atoms with Gasteiger partial charge >= 0.3 is 0 Å². The molecule has 2 fully saturated rings. The summed E-state index contributed by atoms with van der Waals surface area (Å²) < 4.78 is 1.09. The lowest BCUT2D eigenvalue weighted by molar-refractivity contribution is 0.213. The van der Waals surface area contributed by atoms with Crippen molar-refractivity contribution in [3.63, 3.8) is 0 Å². The van der Waals surface area contributed by atoms with Crippen LogP contribution in [-0.2, 0) is 0 Å². The molecule has 0 spiro atoms. The molecule has 1 aromatic rings. The predicted molar refractivity (Wildman–Crippen MR) is 108 cm³/mol. The number of nitrogens with zero attached hydrogens (tertiary/aromatic N) is 1. The van der Waals surface area contributed by atoms with Crippen molar-refractivity contribution < 1.29 is 5.11 Å². The van der Waals surface area contributed by atoms with Crippen LogP contribution in [0.3, 0.4) is 0 Å². The van der Waals surface area contributed by atoms with E-state index in [-0.39, 0.29) is 5.92 Å². The largest absolute Gasteiger partial charge is 0.512 e. The zero-order chi connectivity index (χ0) is 17.6. The van der Waals surface area contributed by atoms with E-state index in [9.17, 15) is 5.11 Å². The molecule has 1 aliphatic carbocycles. The van der Waals surface area contributed by atoms with E-state index in [4.69, 9.17) is 0 Å². The summed E-state index contributed by atoms with van der Waals surface area (Å²) in [4.78, 5) is 2.49. The van der Waals surface area contributed by atoms with Gasteiger partial charge in [0, 0.05) is 37.2 Å². The fourth-order valence-electron chi connectivity index (χ4n) is 4.21. The van der Waals surface area contributed by atoms with Crippen molar-refractivity contribution in [1.29, 1.82) is 0 Å². The highest BCUT2D eigenvalue weighted by Gasteiger charge is 2.26. The van der Waals surface area contributed by atoms with Crippen LogP contribution in [0.25, 0.3) is 0 Å². The molecule has 2 aliphatic rings. The molecule has 3 rings (SSSR count). The Balaban J connectivity index is 1.86. The lowest BCUT2D eigenvalue weighted by Crippen LogP contribution is -2.45. The standard InChI is InChI=1S/C21H31BrN2O/c1-2-16-5-3-7-18(13-16)21(25)20(15-24-11-9-23-10-12-24)17-6-4-8-19(22)14-17/h4,6,8,14,16,20,23,25H,2-3,5,7,9-13,15H2,1H3/b21-18+. The minimum atomic E-state index is 0.0845. The number of hydrogen-bond donors (Lipinski definition) is 2. The SMILES string of the molecule is CCC1CCC/C(=C(\O)C(CN2CCNCC2)c2cccc(Br)c2)C1. The Bertz CT molecular complexity index is 595. The molecule has 0 amide bonds. The van der Waals surface area contributed by atoms with Crippen LogP contribution in [-0.4, -0.2) is 42.7 Å². The Morgan fingerprint density at radius 2 is 2.16 bits per heavy atom. The number of halogens is 1. The van der Waals surface area contributed by atoms with Crippen molar-refractivity contribution in [1.82, 2.24) is 10.2 Å². The third kappa shape index (κ3) is 5.08. The lowest BCUT2D eigenvalue weighted by atomic mass is 9.81. The highest BCUT2D eigenvalue weighted by Crippen LogP contribution is 2.36. The van der Waals surface area contributed by atoms with Gasteiger partial charge in [0.25, 0.3) is 0 Å². The molecule has 1 heterocycles. The highest BCUT2D eigenvalue weighted by molar-refractivity contribution is 9.10. The zero-order valence-corrected chi connectivity index (χ0v) is 16.9. The number of nitrogens with one attached hydrogen (secondary N) is 1. The summed E-state index contributed by atoms with van der Waals surface area (Å²) in [6.45, 7) is 7.39. The summed E-state index contributed by atoms with van der Waals surface area (Å²) in [7, 11) is 0. The first-order valence-corrected chi connectivity index (χ1v) is 10.6. The second-order valence-corrected chi connectivity index (χ2v) is 8.43. The predicted octanol–water partition coefficient (Wildman–Crippen LogP) is 4.85. The number of hydrogen-bond acceptors (Lipinski definition) is 3. The molecule has 4 heteroatoms. The molecule has 1 saturated carbocycles. The van der Waals surface area contributed by atoms with Crippen LogP contribution in [0, 0.1) is 5.92 Å². The molecule has 0 radical (unpaired) electrons. The average molecular weight is 407 g/mol. The maximum atomic E-state index is 11.2. The van der Waals surface area contributed by atoms with Crippen LogP contribution in [0.15, 0.2) is 40.1 Å². The molecule has 2 N–H and O–H groups in total. The van der Waals surface area contributed by atoms with E-state index in [0.717, 1.165) is 56.0 Å². The summed E-state index contributed by atoms with van der Waals surface area (Å²) in [6, 6.07) is 8.47. The number of aliphatic hydroxyl groups is 1. The van der Waals surface area contributed by atoms with Crippen molar-refractivity contribution >= 4 is 15.9 Å². The first-order valence-electron chi connectivity index (χ1n) is 9.76. The smallest absolute Gasteiger partial charge is 0.100 e. The summed E-state index contributed by atoms with van der Waals surface area (Å²) >= 11 is 3.60. The second kappa shape index (κ2) is 9.20. The maximum absolute atomic E-state index is 11.2. The van der Waals surface area contributed by atoms with E-state index in [1.807, 2.05) is 0 Å². The maximum Gasteiger partial charge on any atom is 0.100 e. The Morgan fingerprint density at radius 1 is 1.36 bits per heavy atom. The number of benzene rings is 1. The molecule has 1 aromatic carbocycles. The normalized spacial score (nSPS) is 25.6. The molecule has 138 valence electrons. The first kappa shape index (κ1) is 18.9. The Morgan fingerprint density at radius 3 is 2.88 bits per heavy atom. The second-order valence-electron chi connectivity index (χ2n) is 7.52. The van der Waals surface area contributed by atoms with Crippen LogP contribution in [0.5, 0.6) is 0 Å². The van der Waals surface area contributed by atoms with Crippen LogP contribution in [0.1, 0.15) is 50.5 Å². The Labute approximate surface area is 160 Å². The van der Waals surface area contributed by atoms with Gasteiger partial charge in [-0.3, -0.25) is 4.90 Å². The van der Waals surface area contributed by atoms with Gasteiger partial charge in [-0.2, -0.15) is 0 Å². The molecule has 0 bridgehead atoms. The summed E-state index contributed by atoms with van der Waals surface area (Å²) in [6.07, 6.45) is 5.89. The van der Waals surface area contributed by atoms with Crippen molar-refractivity contribution in [2.24, 2.45) is 5.92 Å². The number of rotatable bonds is 5. The summed E-state index contributed by atoms with van der Waals surface area (Å²) in [5.41, 5.74) is 2.52. The molecule has 3 nitrogen and oxygen atoms in total. The van der Waals surface area contributed by atoms with E-state index in [0.29, 0.717) is 5.76 Å². The van der Waals surface area contributed by atoms with Gasteiger partial charge in [-0.1, -0.05) is 41.4 Å². The molecule has 25 heavy (non-hydrogen) atoms. The third-order valence-corrected chi connectivity index (χ3v) is 6.29. The molecule has 2 unspecified atom stereocenters. The Kier molecular flexibility index (Phi) is 6.97. The molecule has 2 atom stereocenters. The van der Waals surface area contributed by atoms with Crippen LogP contribution >= 0.6 is 15.9 Å². The number of allylic oxidation sites excluding steroid dienone is 1. The van der Waals surface area contributed by atoms with Gasteiger partial charge in [-0.05, 0) is 54.9 Å². The third-order valence-electron chi connectivity index (χ3n) is 5.80. The average Bonchev–Trinajstić information content (AvgIpc) is 2.66. The molecule has 1 saturated heterocycles. The van der Waals surface area contributed by atoms with Crippen molar-refractivity contribution in [2.45, 2.75) is 44.9 Å². The lowest BCUT2D eigenvalue weighted by Gasteiger charge is -2.33. The van der Waals surface area contributed by atoms with Crippen molar-refractivity contribution in [3.05, 3.63) is 45.6 Å². The topological polar surface area (TPSA) is 35.5 Å². The van der Waals surface area contributed by atoms with Gasteiger partial charge in [0.1, 0.15) is 5.76 Å². The minimum absolute atomic E-state index is 0.0845. The van der Waals surface area contributed by atoms with Crippen molar-refractivity contribution in [2.75, 3.05) is 32.7 Å². The Hall–Kier alpha value is -0.840. The van der Waals surface area contributed by atoms with Gasteiger partial charge in [0.15, 0.2) is 0 Å². The summed E-state index contributed by atoms with van der Waals surface area (Å²) in [5, 5.41) is 14.7. The quantitative estimate of drug-likeness (QED) is 0.685. The molecular weight excluding hydrogens is 376 g/mol. The van der Waals surface area contributed by atoms with E-state index >= 15 is 0 Å². The van der Waals surface area contributed by atoms with E-state index in [2.05, 4.69) is 57.3 Å². The molecular formula is C21H31BrN2O. The van der Waals surface area contributed by atoms with Crippen molar-refractivity contribution in [3.8, 4) is 0 Å². The first-order chi connectivity index (χ1) is 12.2. The summed E-state index contributed by atoms with van der Waals surface area (Å²) in [5.74, 6) is 1.48. The van der Waals surface area contributed by atoms with Crippen LogP contribution in [0.4, 0.5) is 0 Å². The van der Waals surface area contributed by atoms with E-state index in [1.54, 1.807) is 0 Å². The minimum Gasteiger partial charge on any atom is -0.512 e. The molecule has 1 aliphatic heterocycles. The van der Waals surface area contributed by atoms with Crippen LogP contribution < -0.4 is 5.32 Å². The fourth-order valence-corrected chi connectivity index (χ4v) is 4.63. The zero-order valence-electron chi connectivity index (χ0n) is 15.3. The highest BCUT2D eigenvalue weighted by atomic mass is 79.9. The van der Waals surface area contributed by atoms with Gasteiger partial charge < -0.3 is 10.4 Å². The fraction of sp³-hybridized carbons (Fsp3) is 0.619. The van der Waals surface area contributed by atoms with Gasteiger partial charge in [0.05, 0.1) is 5.92 Å². The molecule has 0 aromatic heterocycles. The van der Waals surface area contributed by atoms with Gasteiger partial charge in [0.2, 0.25) is 0 Å². The monoisotopic (exact) mass is 406 g/mol. The van der Waals surface area contributed by atoms with E-state index < -0.39 is 0 Å². The van der Waals surface area contributed by atoms with Gasteiger partial charge in [-0.15, -0.1) is 0 Å². The number of aliphatic hydroxyl groups excluding tert-OH is 1. The van der Waals surface area contributed by atoms with Crippen LogP contribution in [0.2, 0.25) is 0 Å². The van der Waals surface area contributed by atoms with E-state index in [1.165, 1.54) is 30.4 Å². The number of piperazine rings is 1. The van der Waals surface area contributed by atoms with Gasteiger partial charge in [-0.25, -0.2) is 0 Å².